The fourth-order valence-corrected chi connectivity index (χ4v) is 4.92. The molecule has 0 saturated carbocycles. The quantitative estimate of drug-likeness (QED) is 0.659. The van der Waals surface area contributed by atoms with Crippen LogP contribution in [-0.4, -0.2) is 34.0 Å². The highest BCUT2D eigenvalue weighted by Crippen LogP contribution is 2.42. The van der Waals surface area contributed by atoms with Gasteiger partial charge in [-0.1, -0.05) is 25.2 Å². The number of nitrogens with two attached hydrogens (primary N) is 1. The molecular weight excluding hydrogens is 300 g/mol. The number of rotatable bonds is 4. The fourth-order valence-electron chi connectivity index (χ4n) is 3.80. The van der Waals surface area contributed by atoms with Crippen LogP contribution in [0, 0.1) is 0 Å². The molecule has 0 aromatic heterocycles. The fraction of sp³-hybridized carbons (Fsp3) is 0.562. The monoisotopic (exact) mass is 322 g/mol. The van der Waals surface area contributed by atoms with Crippen molar-refractivity contribution in [2.45, 2.75) is 55.7 Å². The highest BCUT2D eigenvalue weighted by molar-refractivity contribution is 7.99. The Morgan fingerprint density at radius 2 is 2.05 bits per heavy atom. The molecule has 3 nitrogen and oxygen atoms in total. The summed E-state index contributed by atoms with van der Waals surface area (Å²) in [5, 5.41) is 9.99. The summed E-state index contributed by atoms with van der Waals surface area (Å²) in [7, 11) is 0. The van der Waals surface area contributed by atoms with Gasteiger partial charge in [-0.05, 0) is 43.6 Å². The molecule has 21 heavy (non-hydrogen) atoms. The van der Waals surface area contributed by atoms with E-state index in [1.54, 1.807) is 11.8 Å². The standard InChI is InChI=1S/C16H22N2OS2/c1-2-21-14-5-3-4-13(15(14)16(17)20)18-10-6-7-11(18)9-12(19)8-10/h3-5,10-12,19H,2,6-9H2,1H3,(H2,17,20). The van der Waals surface area contributed by atoms with Crippen molar-refractivity contribution in [2.75, 3.05) is 10.7 Å². The number of fused-ring (bicyclic) bond motifs is 2. The Balaban J connectivity index is 2.02. The first-order valence-corrected chi connectivity index (χ1v) is 9.03. The number of hydrogen-bond acceptors (Lipinski definition) is 4. The molecule has 2 aliphatic rings. The molecule has 2 fully saturated rings. The number of aliphatic hydroxyl groups is 1. The molecule has 1 aromatic rings. The van der Waals surface area contributed by atoms with Gasteiger partial charge >= 0.3 is 0 Å². The minimum atomic E-state index is -0.153. The minimum absolute atomic E-state index is 0.153. The van der Waals surface area contributed by atoms with Crippen molar-refractivity contribution >= 4 is 34.7 Å². The normalized spacial score (nSPS) is 27.9. The van der Waals surface area contributed by atoms with Crippen LogP contribution in [0.2, 0.25) is 0 Å². The van der Waals surface area contributed by atoms with Crippen molar-refractivity contribution in [3.63, 3.8) is 0 Å². The largest absolute Gasteiger partial charge is 0.393 e. The Labute approximate surface area is 135 Å². The smallest absolute Gasteiger partial charge is 0.107 e. The molecule has 0 amide bonds. The average Bonchev–Trinajstić information content (AvgIpc) is 2.70. The van der Waals surface area contributed by atoms with E-state index in [4.69, 9.17) is 18.0 Å². The lowest BCUT2D eigenvalue weighted by atomic mass is 9.97. The van der Waals surface area contributed by atoms with Crippen LogP contribution in [0.4, 0.5) is 5.69 Å². The van der Waals surface area contributed by atoms with Crippen molar-refractivity contribution in [1.29, 1.82) is 0 Å². The average molecular weight is 322 g/mol. The molecule has 2 atom stereocenters. The first-order valence-electron chi connectivity index (χ1n) is 7.63. The SMILES string of the molecule is CCSc1cccc(N2C3CCC2CC(O)C3)c1C(N)=S. The van der Waals surface area contributed by atoms with Gasteiger partial charge in [0.15, 0.2) is 0 Å². The second-order valence-electron chi connectivity index (χ2n) is 5.87. The first-order chi connectivity index (χ1) is 10.1. The zero-order valence-electron chi connectivity index (χ0n) is 12.3. The van der Waals surface area contributed by atoms with Crippen molar-refractivity contribution in [3.8, 4) is 0 Å². The number of anilines is 1. The Kier molecular flexibility index (Phi) is 4.43. The van der Waals surface area contributed by atoms with Crippen LogP contribution >= 0.6 is 24.0 Å². The summed E-state index contributed by atoms with van der Waals surface area (Å²) in [5.74, 6) is 1.00. The van der Waals surface area contributed by atoms with Crippen LogP contribution in [0.5, 0.6) is 0 Å². The number of thiocarbonyl (C=S) groups is 1. The summed E-state index contributed by atoms with van der Waals surface area (Å²) >= 11 is 7.12. The van der Waals surface area contributed by atoms with E-state index in [0.29, 0.717) is 17.1 Å². The van der Waals surface area contributed by atoms with Crippen LogP contribution in [-0.2, 0) is 0 Å². The molecule has 1 aromatic carbocycles. The lowest BCUT2D eigenvalue weighted by Crippen LogP contribution is -2.45. The van der Waals surface area contributed by atoms with Crippen molar-refractivity contribution in [1.82, 2.24) is 0 Å². The third-order valence-corrected chi connectivity index (χ3v) is 5.68. The second kappa shape index (κ2) is 6.15. The number of piperidine rings is 1. The van der Waals surface area contributed by atoms with Crippen molar-refractivity contribution in [2.24, 2.45) is 5.73 Å². The summed E-state index contributed by atoms with van der Waals surface area (Å²) in [4.78, 5) is 4.13. The van der Waals surface area contributed by atoms with Gasteiger partial charge in [-0.2, -0.15) is 0 Å². The summed E-state index contributed by atoms with van der Waals surface area (Å²) in [5.41, 5.74) is 8.22. The molecule has 2 bridgehead atoms. The molecule has 5 heteroatoms. The second-order valence-corrected chi connectivity index (χ2v) is 7.61. The predicted molar refractivity (Wildman–Crippen MR) is 93.3 cm³/mol. The van der Waals surface area contributed by atoms with E-state index in [1.807, 2.05) is 0 Å². The van der Waals surface area contributed by atoms with Gasteiger partial charge in [-0.25, -0.2) is 0 Å². The Morgan fingerprint density at radius 3 is 2.62 bits per heavy atom. The topological polar surface area (TPSA) is 49.5 Å². The highest BCUT2D eigenvalue weighted by atomic mass is 32.2. The molecule has 114 valence electrons. The van der Waals surface area contributed by atoms with Gasteiger partial charge < -0.3 is 15.7 Å². The summed E-state index contributed by atoms with van der Waals surface area (Å²) in [6, 6.07) is 7.19. The zero-order chi connectivity index (χ0) is 15.0. The summed E-state index contributed by atoms with van der Waals surface area (Å²) < 4.78 is 0. The minimum Gasteiger partial charge on any atom is -0.393 e. The Morgan fingerprint density at radius 1 is 1.38 bits per heavy atom. The van der Waals surface area contributed by atoms with Gasteiger partial charge in [0.1, 0.15) is 4.99 Å². The molecule has 2 heterocycles. The number of benzene rings is 1. The van der Waals surface area contributed by atoms with E-state index in [2.05, 4.69) is 30.0 Å². The maximum absolute atomic E-state index is 9.99. The maximum Gasteiger partial charge on any atom is 0.107 e. The van der Waals surface area contributed by atoms with Crippen LogP contribution in [0.1, 0.15) is 38.2 Å². The molecule has 2 unspecified atom stereocenters. The van der Waals surface area contributed by atoms with E-state index in [9.17, 15) is 5.11 Å². The van der Waals surface area contributed by atoms with Gasteiger partial charge in [0.2, 0.25) is 0 Å². The highest BCUT2D eigenvalue weighted by Gasteiger charge is 2.41. The predicted octanol–water partition coefficient (Wildman–Crippen LogP) is 2.92. The van der Waals surface area contributed by atoms with Crippen LogP contribution in [0.3, 0.4) is 0 Å². The van der Waals surface area contributed by atoms with Gasteiger partial charge in [0, 0.05) is 28.2 Å². The zero-order valence-corrected chi connectivity index (χ0v) is 13.9. The lowest BCUT2D eigenvalue weighted by Gasteiger charge is -2.40. The van der Waals surface area contributed by atoms with E-state index in [-0.39, 0.29) is 6.10 Å². The molecular formula is C16H22N2OS2. The van der Waals surface area contributed by atoms with Gasteiger partial charge in [0.25, 0.3) is 0 Å². The number of aliphatic hydroxyl groups excluding tert-OH is 1. The Hall–Kier alpha value is -0.780. The van der Waals surface area contributed by atoms with Gasteiger partial charge in [-0.3, -0.25) is 0 Å². The van der Waals surface area contributed by atoms with Crippen LogP contribution in [0.15, 0.2) is 23.1 Å². The van der Waals surface area contributed by atoms with Gasteiger partial charge in [-0.15, -0.1) is 11.8 Å². The van der Waals surface area contributed by atoms with E-state index >= 15 is 0 Å². The van der Waals surface area contributed by atoms with Crippen molar-refractivity contribution < 1.29 is 5.11 Å². The summed E-state index contributed by atoms with van der Waals surface area (Å²) in [6.45, 7) is 2.14. The molecule has 2 aliphatic heterocycles. The molecule has 3 N–H and O–H groups in total. The lowest BCUT2D eigenvalue weighted by molar-refractivity contribution is 0.126. The molecule has 2 saturated heterocycles. The molecule has 0 spiro atoms. The van der Waals surface area contributed by atoms with E-state index < -0.39 is 0 Å². The molecule has 0 aliphatic carbocycles. The third-order valence-electron chi connectivity index (χ3n) is 4.54. The Bertz CT molecular complexity index is 535. The summed E-state index contributed by atoms with van der Waals surface area (Å²) in [6.07, 6.45) is 3.88. The van der Waals surface area contributed by atoms with E-state index in [0.717, 1.165) is 37.0 Å². The number of hydrogen-bond donors (Lipinski definition) is 2. The van der Waals surface area contributed by atoms with Crippen LogP contribution < -0.4 is 10.6 Å². The third kappa shape index (κ3) is 2.79. The molecule has 0 radical (unpaired) electrons. The maximum atomic E-state index is 9.99. The number of thioether (sulfide) groups is 1. The number of nitrogens with zero attached hydrogens (tertiary/aromatic N) is 1. The van der Waals surface area contributed by atoms with E-state index in [1.165, 1.54) is 10.6 Å². The first kappa shape index (κ1) is 15.1. The van der Waals surface area contributed by atoms with Gasteiger partial charge in [0.05, 0.1) is 6.10 Å². The van der Waals surface area contributed by atoms with Crippen molar-refractivity contribution in [3.05, 3.63) is 23.8 Å². The van der Waals surface area contributed by atoms with Crippen LogP contribution in [0.25, 0.3) is 0 Å². The molecule has 3 rings (SSSR count).